The van der Waals surface area contributed by atoms with E-state index in [-0.39, 0.29) is 5.56 Å². The van der Waals surface area contributed by atoms with Crippen molar-refractivity contribution >= 4 is 28.9 Å². The highest BCUT2D eigenvalue weighted by molar-refractivity contribution is 6.31. The number of rotatable bonds is 4. The molecule has 0 radical (unpaired) electrons. The molecule has 0 heterocycles. The van der Waals surface area contributed by atoms with Gasteiger partial charge in [-0.25, -0.2) is 4.79 Å². The van der Waals surface area contributed by atoms with E-state index >= 15 is 0 Å². The van der Waals surface area contributed by atoms with Crippen LogP contribution in [0.3, 0.4) is 0 Å². The maximum Gasteiger partial charge on any atom is 0.337 e. The van der Waals surface area contributed by atoms with Crippen molar-refractivity contribution in [3.8, 4) is 5.75 Å². The molecule has 4 nitrogen and oxygen atoms in total. The van der Waals surface area contributed by atoms with Crippen LogP contribution in [0.15, 0.2) is 36.4 Å². The third-order valence-electron chi connectivity index (χ3n) is 2.84. The van der Waals surface area contributed by atoms with E-state index in [1.807, 2.05) is 6.92 Å². The Morgan fingerprint density at radius 3 is 2.60 bits per heavy atom. The van der Waals surface area contributed by atoms with E-state index in [1.54, 1.807) is 43.5 Å². The topological polar surface area (TPSA) is 58.6 Å². The lowest BCUT2D eigenvalue weighted by Gasteiger charge is -2.14. The van der Waals surface area contributed by atoms with E-state index in [1.165, 1.54) is 0 Å². The zero-order valence-electron chi connectivity index (χ0n) is 11.1. The maximum atomic E-state index is 11.2. The third-order valence-corrected chi connectivity index (χ3v) is 3.07. The van der Waals surface area contributed by atoms with Gasteiger partial charge >= 0.3 is 5.97 Å². The van der Waals surface area contributed by atoms with E-state index in [0.717, 1.165) is 5.56 Å². The van der Waals surface area contributed by atoms with Crippen LogP contribution in [-0.4, -0.2) is 18.2 Å². The second kappa shape index (κ2) is 5.84. The molecule has 0 bridgehead atoms. The number of hydrogen-bond donors (Lipinski definition) is 2. The predicted octanol–water partition coefficient (Wildman–Crippen LogP) is 4.10. The van der Waals surface area contributed by atoms with Crippen LogP contribution >= 0.6 is 11.6 Å². The molecule has 2 aromatic carbocycles. The van der Waals surface area contributed by atoms with E-state index in [9.17, 15) is 9.90 Å². The summed E-state index contributed by atoms with van der Waals surface area (Å²) in [5.74, 6) is -0.402. The van der Waals surface area contributed by atoms with Gasteiger partial charge in [0.1, 0.15) is 5.75 Å². The number of benzene rings is 2. The predicted molar refractivity (Wildman–Crippen MR) is 79.4 cm³/mol. The average molecular weight is 292 g/mol. The molecular formula is C15H14ClNO3. The molecule has 0 aromatic heterocycles. The zero-order chi connectivity index (χ0) is 14.7. The number of nitrogens with one attached hydrogen (secondary N) is 1. The van der Waals surface area contributed by atoms with Gasteiger partial charge in [-0.05, 0) is 42.8 Å². The van der Waals surface area contributed by atoms with Gasteiger partial charge in [0.05, 0.1) is 24.0 Å². The lowest BCUT2D eigenvalue weighted by molar-refractivity contribution is 0.0698. The van der Waals surface area contributed by atoms with E-state index in [0.29, 0.717) is 22.1 Å². The zero-order valence-corrected chi connectivity index (χ0v) is 11.9. The van der Waals surface area contributed by atoms with Gasteiger partial charge in [-0.1, -0.05) is 17.7 Å². The fraction of sp³-hybridized carbons (Fsp3) is 0.133. The van der Waals surface area contributed by atoms with Gasteiger partial charge in [-0.15, -0.1) is 0 Å². The number of carboxylic acids is 1. The Hall–Kier alpha value is -2.20. The van der Waals surface area contributed by atoms with Gasteiger partial charge in [-0.2, -0.15) is 0 Å². The summed E-state index contributed by atoms with van der Waals surface area (Å²) < 4.78 is 5.23. The number of carbonyl (C=O) groups is 1. The molecule has 20 heavy (non-hydrogen) atoms. The van der Waals surface area contributed by atoms with E-state index < -0.39 is 5.97 Å². The summed E-state index contributed by atoms with van der Waals surface area (Å²) in [6.07, 6.45) is 0. The van der Waals surface area contributed by atoms with Crippen molar-refractivity contribution < 1.29 is 14.6 Å². The second-order valence-corrected chi connectivity index (χ2v) is 4.76. The normalized spacial score (nSPS) is 10.2. The molecule has 0 saturated carbocycles. The van der Waals surface area contributed by atoms with Crippen molar-refractivity contribution in [3.63, 3.8) is 0 Å². The molecule has 0 amide bonds. The summed E-state index contributed by atoms with van der Waals surface area (Å²) in [4.78, 5) is 11.2. The molecular weight excluding hydrogens is 278 g/mol. The number of hydrogen-bond acceptors (Lipinski definition) is 3. The molecule has 2 N–H and O–H groups in total. The molecule has 5 heteroatoms. The standard InChI is InChI=1S/C15H14ClNO3/c1-9-3-5-11(15(18)19)12(7-9)17-13-8-10(16)4-6-14(13)20-2/h3-8,17H,1-2H3,(H,18,19). The first-order chi connectivity index (χ1) is 9.51. The van der Waals surface area contributed by atoms with Crippen LogP contribution in [0.25, 0.3) is 0 Å². The number of aryl methyl sites for hydroxylation is 1. The largest absolute Gasteiger partial charge is 0.495 e. The minimum atomic E-state index is -0.992. The molecule has 0 spiro atoms. The first-order valence-corrected chi connectivity index (χ1v) is 6.33. The number of halogens is 1. The number of aromatic carboxylic acids is 1. The Labute approximate surface area is 122 Å². The van der Waals surface area contributed by atoms with Crippen LogP contribution in [0.1, 0.15) is 15.9 Å². The van der Waals surface area contributed by atoms with Gasteiger partial charge in [0.15, 0.2) is 0 Å². The van der Waals surface area contributed by atoms with Crippen LogP contribution in [0, 0.1) is 6.92 Å². The minimum Gasteiger partial charge on any atom is -0.495 e. The van der Waals surface area contributed by atoms with Gasteiger partial charge in [-0.3, -0.25) is 0 Å². The molecule has 0 saturated heterocycles. The number of methoxy groups -OCH3 is 1. The quantitative estimate of drug-likeness (QED) is 0.890. The lowest BCUT2D eigenvalue weighted by atomic mass is 10.1. The molecule has 2 aromatic rings. The molecule has 0 aliphatic rings. The molecule has 104 valence electrons. The van der Waals surface area contributed by atoms with Crippen molar-refractivity contribution in [2.24, 2.45) is 0 Å². The third kappa shape index (κ3) is 3.03. The summed E-state index contributed by atoms with van der Waals surface area (Å²) in [5, 5.41) is 12.8. The van der Waals surface area contributed by atoms with Crippen LogP contribution in [0.5, 0.6) is 5.75 Å². The highest BCUT2D eigenvalue weighted by atomic mass is 35.5. The summed E-state index contributed by atoms with van der Waals surface area (Å²) in [5.41, 5.74) is 2.27. The van der Waals surface area contributed by atoms with Crippen molar-refractivity contribution in [2.45, 2.75) is 6.92 Å². The Morgan fingerprint density at radius 2 is 1.95 bits per heavy atom. The maximum absolute atomic E-state index is 11.2. The summed E-state index contributed by atoms with van der Waals surface area (Å²) in [7, 11) is 1.54. The van der Waals surface area contributed by atoms with Crippen molar-refractivity contribution in [1.82, 2.24) is 0 Å². The monoisotopic (exact) mass is 291 g/mol. The second-order valence-electron chi connectivity index (χ2n) is 4.32. The summed E-state index contributed by atoms with van der Waals surface area (Å²) >= 11 is 5.96. The number of ether oxygens (including phenoxy) is 1. The highest BCUT2D eigenvalue weighted by Gasteiger charge is 2.12. The van der Waals surface area contributed by atoms with Crippen LogP contribution in [-0.2, 0) is 0 Å². The summed E-state index contributed by atoms with van der Waals surface area (Å²) in [6, 6.07) is 10.2. The first-order valence-electron chi connectivity index (χ1n) is 5.96. The van der Waals surface area contributed by atoms with Gasteiger partial charge in [0, 0.05) is 5.02 Å². The SMILES string of the molecule is COc1ccc(Cl)cc1Nc1cc(C)ccc1C(=O)O. The van der Waals surface area contributed by atoms with E-state index in [4.69, 9.17) is 16.3 Å². The van der Waals surface area contributed by atoms with Crippen molar-refractivity contribution in [1.29, 1.82) is 0 Å². The molecule has 2 rings (SSSR count). The van der Waals surface area contributed by atoms with Gasteiger partial charge in [0.25, 0.3) is 0 Å². The average Bonchev–Trinajstić information content (AvgIpc) is 2.38. The highest BCUT2D eigenvalue weighted by Crippen LogP contribution is 2.32. The number of anilines is 2. The molecule has 0 unspecified atom stereocenters. The first kappa shape index (κ1) is 14.2. The Morgan fingerprint density at radius 1 is 1.20 bits per heavy atom. The Balaban J connectivity index is 2.46. The van der Waals surface area contributed by atoms with Crippen LogP contribution < -0.4 is 10.1 Å². The van der Waals surface area contributed by atoms with Gasteiger partial charge in [0.2, 0.25) is 0 Å². The molecule has 0 atom stereocenters. The molecule has 0 aliphatic heterocycles. The molecule has 0 fully saturated rings. The van der Waals surface area contributed by atoms with E-state index in [2.05, 4.69) is 5.32 Å². The Bertz CT molecular complexity index is 656. The summed E-state index contributed by atoms with van der Waals surface area (Å²) in [6.45, 7) is 1.89. The van der Waals surface area contributed by atoms with Gasteiger partial charge < -0.3 is 15.2 Å². The fourth-order valence-corrected chi connectivity index (χ4v) is 2.04. The van der Waals surface area contributed by atoms with Crippen LogP contribution in [0.4, 0.5) is 11.4 Å². The van der Waals surface area contributed by atoms with Crippen molar-refractivity contribution in [2.75, 3.05) is 12.4 Å². The Kier molecular flexibility index (Phi) is 4.15. The smallest absolute Gasteiger partial charge is 0.337 e. The lowest BCUT2D eigenvalue weighted by Crippen LogP contribution is -2.04. The fourth-order valence-electron chi connectivity index (χ4n) is 1.87. The minimum absolute atomic E-state index is 0.192. The number of carboxylic acid groups (broad SMARTS) is 1. The molecule has 0 aliphatic carbocycles. The van der Waals surface area contributed by atoms with Crippen LogP contribution in [0.2, 0.25) is 5.02 Å². The van der Waals surface area contributed by atoms with Crippen molar-refractivity contribution in [3.05, 3.63) is 52.5 Å².